The number of thiazole rings is 2. The Morgan fingerprint density at radius 2 is 1.30 bits per heavy atom. The van der Waals surface area contributed by atoms with E-state index in [1.807, 2.05) is 12.1 Å². The summed E-state index contributed by atoms with van der Waals surface area (Å²) in [5, 5.41) is 20.1. The van der Waals surface area contributed by atoms with Crippen LogP contribution in [0.3, 0.4) is 0 Å². The number of hydrogen-bond acceptors (Lipinski definition) is 6. The van der Waals surface area contributed by atoms with E-state index in [9.17, 15) is 10.2 Å². The molecule has 0 bridgehead atoms. The molecule has 20 heavy (non-hydrogen) atoms. The summed E-state index contributed by atoms with van der Waals surface area (Å²) in [6.07, 6.45) is 3.30. The molecule has 0 amide bonds. The highest BCUT2D eigenvalue weighted by atomic mass is 32.1. The van der Waals surface area contributed by atoms with Gasteiger partial charge >= 0.3 is 0 Å². The van der Waals surface area contributed by atoms with Gasteiger partial charge in [-0.15, -0.1) is 22.7 Å². The van der Waals surface area contributed by atoms with Crippen LogP contribution in [-0.4, -0.2) is 20.2 Å². The molecule has 2 N–H and O–H groups in total. The maximum absolute atomic E-state index is 9.29. The van der Waals surface area contributed by atoms with E-state index in [-0.39, 0.29) is 11.5 Å². The van der Waals surface area contributed by atoms with Crippen molar-refractivity contribution in [1.29, 1.82) is 0 Å². The molecule has 0 fully saturated rings. The van der Waals surface area contributed by atoms with Crippen molar-refractivity contribution in [1.82, 2.24) is 9.97 Å². The van der Waals surface area contributed by atoms with E-state index in [1.165, 1.54) is 22.7 Å². The minimum absolute atomic E-state index is 0.245. The highest BCUT2D eigenvalue weighted by molar-refractivity contribution is 7.20. The van der Waals surface area contributed by atoms with Crippen LogP contribution in [0, 0.1) is 0 Å². The second-order valence-electron chi connectivity index (χ2n) is 4.46. The topological polar surface area (TPSA) is 66.2 Å². The fourth-order valence-electron chi connectivity index (χ4n) is 1.87. The lowest BCUT2D eigenvalue weighted by Crippen LogP contribution is -1.73. The molecule has 3 rings (SSSR count). The molecule has 0 aliphatic heterocycles. The normalized spacial score (nSPS) is 13.5. The predicted octanol–water partition coefficient (Wildman–Crippen LogP) is 4.74. The average molecular weight is 304 g/mol. The number of aliphatic hydroxyl groups is 2. The van der Waals surface area contributed by atoms with Gasteiger partial charge < -0.3 is 10.2 Å². The summed E-state index contributed by atoms with van der Waals surface area (Å²) in [5.41, 5.74) is 1.80. The van der Waals surface area contributed by atoms with E-state index >= 15 is 0 Å². The fraction of sp³-hybridized carbons (Fsp3) is 0.143. The number of hydrogen-bond donors (Lipinski definition) is 2. The Hall–Kier alpha value is -1.92. The van der Waals surface area contributed by atoms with E-state index in [0.717, 1.165) is 30.4 Å². The third-order valence-corrected chi connectivity index (χ3v) is 4.53. The predicted molar refractivity (Wildman–Crippen MR) is 85.4 cm³/mol. The first-order chi connectivity index (χ1) is 9.51. The second kappa shape index (κ2) is 4.88. The Kier molecular flexibility index (Phi) is 3.19. The largest absolute Gasteiger partial charge is 0.513 e. The third kappa shape index (κ3) is 2.52. The zero-order valence-electron chi connectivity index (χ0n) is 10.9. The number of aromatic nitrogens is 2. The Morgan fingerprint density at radius 1 is 0.900 bits per heavy atom. The molecular formula is C14H12N2O2S2. The van der Waals surface area contributed by atoms with Crippen molar-refractivity contribution in [3.63, 3.8) is 0 Å². The van der Waals surface area contributed by atoms with E-state index in [0.29, 0.717) is 0 Å². The molecule has 102 valence electrons. The van der Waals surface area contributed by atoms with Gasteiger partial charge in [0, 0.05) is 12.2 Å². The van der Waals surface area contributed by atoms with Crippen LogP contribution in [0.5, 0.6) is 0 Å². The van der Waals surface area contributed by atoms with Crippen LogP contribution in [-0.2, 0) is 0 Å². The first kappa shape index (κ1) is 13.1. The van der Waals surface area contributed by atoms with Gasteiger partial charge in [-0.1, -0.05) is 0 Å². The molecule has 0 saturated carbocycles. The summed E-state index contributed by atoms with van der Waals surface area (Å²) in [6.45, 7) is 3.25. The molecule has 3 aromatic rings. The van der Waals surface area contributed by atoms with Crippen molar-refractivity contribution in [3.05, 3.63) is 33.7 Å². The molecule has 0 saturated heterocycles. The van der Waals surface area contributed by atoms with Crippen molar-refractivity contribution >= 4 is 55.3 Å². The molecule has 4 nitrogen and oxygen atoms in total. The lowest BCUT2D eigenvalue weighted by molar-refractivity contribution is 0.419. The minimum atomic E-state index is 0.245. The van der Waals surface area contributed by atoms with Gasteiger partial charge in [-0.05, 0) is 26.0 Å². The van der Waals surface area contributed by atoms with Gasteiger partial charge in [-0.3, -0.25) is 0 Å². The van der Waals surface area contributed by atoms with Crippen molar-refractivity contribution < 1.29 is 10.2 Å². The van der Waals surface area contributed by atoms with Crippen LogP contribution in [0.1, 0.15) is 23.9 Å². The first-order valence-electron chi connectivity index (χ1n) is 5.97. The second-order valence-corrected chi connectivity index (χ2v) is 6.59. The van der Waals surface area contributed by atoms with Gasteiger partial charge in [0.25, 0.3) is 0 Å². The Morgan fingerprint density at radius 3 is 1.65 bits per heavy atom. The summed E-state index contributed by atoms with van der Waals surface area (Å²) >= 11 is 3.03. The third-order valence-electron chi connectivity index (χ3n) is 2.60. The first-order valence-corrected chi connectivity index (χ1v) is 7.60. The minimum Gasteiger partial charge on any atom is -0.513 e. The molecule has 0 aliphatic carbocycles. The quantitative estimate of drug-likeness (QED) is 0.671. The monoisotopic (exact) mass is 304 g/mol. The number of rotatable bonds is 2. The van der Waals surface area contributed by atoms with Crippen LogP contribution in [0.15, 0.2) is 23.7 Å². The van der Waals surface area contributed by atoms with Crippen LogP contribution in [0.2, 0.25) is 0 Å². The van der Waals surface area contributed by atoms with Crippen molar-refractivity contribution in [2.75, 3.05) is 0 Å². The maximum Gasteiger partial charge on any atom is 0.120 e. The molecule has 1 aromatic carbocycles. The van der Waals surface area contributed by atoms with Gasteiger partial charge in [0.1, 0.15) is 10.0 Å². The van der Waals surface area contributed by atoms with E-state index in [4.69, 9.17) is 0 Å². The van der Waals surface area contributed by atoms with Crippen molar-refractivity contribution in [2.45, 2.75) is 13.8 Å². The number of fused-ring (bicyclic) bond motifs is 2. The molecular weight excluding hydrogens is 292 g/mol. The molecule has 6 heteroatoms. The molecule has 0 aliphatic rings. The molecule has 0 spiro atoms. The van der Waals surface area contributed by atoms with Crippen LogP contribution in [0.25, 0.3) is 32.6 Å². The summed E-state index contributed by atoms with van der Waals surface area (Å²) in [7, 11) is 0. The number of nitrogens with zero attached hydrogens (tertiary/aromatic N) is 2. The number of benzene rings is 1. The van der Waals surface area contributed by atoms with Gasteiger partial charge in [0.15, 0.2) is 0 Å². The highest BCUT2D eigenvalue weighted by Gasteiger charge is 2.08. The van der Waals surface area contributed by atoms with E-state index in [2.05, 4.69) is 9.97 Å². The van der Waals surface area contributed by atoms with Crippen molar-refractivity contribution in [2.24, 2.45) is 0 Å². The highest BCUT2D eigenvalue weighted by Crippen LogP contribution is 2.31. The molecule has 2 heterocycles. The van der Waals surface area contributed by atoms with Gasteiger partial charge in [-0.25, -0.2) is 9.97 Å². The van der Waals surface area contributed by atoms with Gasteiger partial charge in [0.2, 0.25) is 0 Å². The molecule has 0 atom stereocenters. The van der Waals surface area contributed by atoms with E-state index in [1.54, 1.807) is 26.0 Å². The van der Waals surface area contributed by atoms with Crippen molar-refractivity contribution in [3.8, 4) is 0 Å². The molecule has 0 unspecified atom stereocenters. The molecule has 2 aromatic heterocycles. The van der Waals surface area contributed by atoms with Gasteiger partial charge in [0.05, 0.1) is 32.0 Å². The molecule has 0 radical (unpaired) electrons. The lowest BCUT2D eigenvalue weighted by atomic mass is 10.3. The Balaban J connectivity index is 2.15. The van der Waals surface area contributed by atoms with E-state index < -0.39 is 0 Å². The fourth-order valence-corrected chi connectivity index (χ4v) is 3.82. The smallest absolute Gasteiger partial charge is 0.120 e. The van der Waals surface area contributed by atoms with Gasteiger partial charge in [-0.2, -0.15) is 0 Å². The lowest BCUT2D eigenvalue weighted by Gasteiger charge is -1.86. The SMILES string of the molecule is C/C(O)=C/c1nc2cc3sc(/C=C(/C)O)nc3cc2s1. The Labute approximate surface area is 123 Å². The van der Waals surface area contributed by atoms with Crippen LogP contribution in [0.4, 0.5) is 0 Å². The number of aliphatic hydroxyl groups excluding tert-OH is 2. The summed E-state index contributed by atoms with van der Waals surface area (Å²) < 4.78 is 2.07. The standard InChI is InChI=1S/C14H12N2O2S2/c1-7(17)3-13-15-9-5-12-10(6-11(9)19-13)16-14(20-12)4-8(2)18/h3-6,17-18H,1-2H3/b7-3-,8-4-. The summed E-state index contributed by atoms with van der Waals surface area (Å²) in [6, 6.07) is 3.99. The zero-order valence-corrected chi connectivity index (χ0v) is 12.5. The zero-order chi connectivity index (χ0) is 14.3. The summed E-state index contributed by atoms with van der Waals surface area (Å²) in [5.74, 6) is 0.490. The van der Waals surface area contributed by atoms with Crippen LogP contribution < -0.4 is 0 Å². The average Bonchev–Trinajstić information content (AvgIpc) is 2.84. The Bertz CT molecular complexity index is 732. The summed E-state index contributed by atoms with van der Waals surface area (Å²) in [4.78, 5) is 8.94. The van der Waals surface area contributed by atoms with Crippen LogP contribution >= 0.6 is 22.7 Å². The number of allylic oxidation sites excluding steroid dienone is 2. The maximum atomic E-state index is 9.29.